The van der Waals surface area contributed by atoms with Gasteiger partial charge in [-0.3, -0.25) is 0 Å². The van der Waals surface area contributed by atoms with Crippen LogP contribution in [0.25, 0.3) is 0 Å². The molecule has 0 atom stereocenters. The van der Waals surface area contributed by atoms with Crippen molar-refractivity contribution in [2.45, 2.75) is 11.8 Å². The van der Waals surface area contributed by atoms with Crippen molar-refractivity contribution >= 4 is 16.1 Å². The average molecular weight is 353 g/mol. The second-order valence-electron chi connectivity index (χ2n) is 6.09. The number of carbonyl (C=O) groups excluding carboxylic acids is 1. The highest BCUT2D eigenvalue weighted by Gasteiger charge is 2.31. The van der Waals surface area contributed by atoms with Crippen LogP contribution in [-0.4, -0.2) is 81.0 Å². The number of benzene rings is 1. The zero-order valence-corrected chi connectivity index (χ0v) is 14.7. The van der Waals surface area contributed by atoms with Gasteiger partial charge in [0.1, 0.15) is 0 Å². The van der Waals surface area contributed by atoms with E-state index in [2.05, 4.69) is 0 Å². The van der Waals surface area contributed by atoms with Crippen molar-refractivity contribution in [2.24, 2.45) is 0 Å². The Kier molecular flexibility index (Phi) is 5.07. The van der Waals surface area contributed by atoms with Gasteiger partial charge in [-0.25, -0.2) is 13.2 Å². The summed E-state index contributed by atoms with van der Waals surface area (Å²) in [5.41, 5.74) is 1.02. The number of piperazine rings is 1. The fraction of sp³-hybridized carbons (Fsp3) is 0.562. The van der Waals surface area contributed by atoms with Crippen LogP contribution in [0.4, 0.5) is 4.79 Å². The molecule has 132 valence electrons. The van der Waals surface area contributed by atoms with Crippen molar-refractivity contribution in [3.8, 4) is 0 Å². The molecule has 0 spiro atoms. The van der Waals surface area contributed by atoms with Crippen LogP contribution in [0.5, 0.6) is 0 Å². The minimum atomic E-state index is -3.49. The average Bonchev–Trinajstić information content (AvgIpc) is 2.62. The Morgan fingerprint density at radius 2 is 1.46 bits per heavy atom. The fourth-order valence-electron chi connectivity index (χ4n) is 2.93. The van der Waals surface area contributed by atoms with Crippen molar-refractivity contribution < 1.29 is 17.9 Å². The third-order valence-electron chi connectivity index (χ3n) is 4.45. The van der Waals surface area contributed by atoms with E-state index in [1.807, 2.05) is 6.92 Å². The Morgan fingerprint density at radius 3 is 2.04 bits per heavy atom. The lowest BCUT2D eigenvalue weighted by Crippen LogP contribution is -2.55. The summed E-state index contributed by atoms with van der Waals surface area (Å²) >= 11 is 0. The first-order valence-corrected chi connectivity index (χ1v) is 9.61. The van der Waals surface area contributed by atoms with Crippen LogP contribution in [0.1, 0.15) is 5.56 Å². The summed E-state index contributed by atoms with van der Waals surface area (Å²) in [7, 11) is -3.49. The third kappa shape index (κ3) is 3.55. The molecule has 3 rings (SSSR count). The van der Waals surface area contributed by atoms with Gasteiger partial charge >= 0.3 is 6.03 Å². The van der Waals surface area contributed by atoms with Gasteiger partial charge in [0, 0.05) is 39.3 Å². The second kappa shape index (κ2) is 7.08. The Morgan fingerprint density at radius 1 is 0.917 bits per heavy atom. The molecular formula is C16H23N3O4S. The maximum absolute atomic E-state index is 12.7. The number of morpholine rings is 1. The van der Waals surface area contributed by atoms with Gasteiger partial charge in [-0.1, -0.05) is 17.7 Å². The quantitative estimate of drug-likeness (QED) is 0.787. The van der Waals surface area contributed by atoms with E-state index >= 15 is 0 Å². The lowest BCUT2D eigenvalue weighted by molar-refractivity contribution is 0.0405. The van der Waals surface area contributed by atoms with E-state index < -0.39 is 10.0 Å². The van der Waals surface area contributed by atoms with E-state index in [1.165, 1.54) is 4.31 Å². The van der Waals surface area contributed by atoms with Crippen LogP contribution in [0.2, 0.25) is 0 Å². The number of aryl methyl sites for hydroxylation is 1. The lowest BCUT2D eigenvalue weighted by atomic mass is 10.2. The lowest BCUT2D eigenvalue weighted by Gasteiger charge is -2.38. The maximum Gasteiger partial charge on any atom is 0.320 e. The smallest absolute Gasteiger partial charge is 0.320 e. The number of carbonyl (C=O) groups is 1. The Labute approximate surface area is 142 Å². The summed E-state index contributed by atoms with van der Waals surface area (Å²) in [6.07, 6.45) is 0. The zero-order valence-electron chi connectivity index (χ0n) is 13.8. The molecule has 1 aromatic carbocycles. The largest absolute Gasteiger partial charge is 0.378 e. The molecule has 0 aromatic heterocycles. The van der Waals surface area contributed by atoms with Crippen LogP contribution >= 0.6 is 0 Å². The van der Waals surface area contributed by atoms with Gasteiger partial charge in [0.15, 0.2) is 0 Å². The molecule has 0 unspecified atom stereocenters. The van der Waals surface area contributed by atoms with Crippen molar-refractivity contribution in [1.29, 1.82) is 0 Å². The highest BCUT2D eigenvalue weighted by Crippen LogP contribution is 2.18. The Balaban J connectivity index is 1.62. The summed E-state index contributed by atoms with van der Waals surface area (Å²) in [5.74, 6) is 0. The summed E-state index contributed by atoms with van der Waals surface area (Å²) in [4.78, 5) is 16.3. The number of hydrogen-bond acceptors (Lipinski definition) is 4. The summed E-state index contributed by atoms with van der Waals surface area (Å²) < 4.78 is 32.1. The maximum atomic E-state index is 12.7. The number of sulfonamides is 1. The zero-order chi connectivity index (χ0) is 17.2. The second-order valence-corrected chi connectivity index (χ2v) is 8.02. The molecule has 2 amide bonds. The van der Waals surface area contributed by atoms with Crippen molar-refractivity contribution in [3.63, 3.8) is 0 Å². The topological polar surface area (TPSA) is 70.2 Å². The van der Waals surface area contributed by atoms with Gasteiger partial charge in [-0.2, -0.15) is 4.31 Å². The van der Waals surface area contributed by atoms with Gasteiger partial charge in [0.25, 0.3) is 0 Å². The molecule has 1 aromatic rings. The summed E-state index contributed by atoms with van der Waals surface area (Å²) in [6, 6.07) is 6.84. The van der Waals surface area contributed by atoms with E-state index in [1.54, 1.807) is 34.1 Å². The fourth-order valence-corrected chi connectivity index (χ4v) is 4.36. The molecule has 0 bridgehead atoms. The van der Waals surface area contributed by atoms with Gasteiger partial charge in [0.2, 0.25) is 10.0 Å². The minimum absolute atomic E-state index is 0.0225. The number of ether oxygens (including phenoxy) is 1. The van der Waals surface area contributed by atoms with Crippen molar-refractivity contribution in [3.05, 3.63) is 29.8 Å². The van der Waals surface area contributed by atoms with E-state index in [0.717, 1.165) is 5.56 Å². The highest BCUT2D eigenvalue weighted by atomic mass is 32.2. The van der Waals surface area contributed by atoms with Gasteiger partial charge < -0.3 is 14.5 Å². The van der Waals surface area contributed by atoms with Crippen LogP contribution in [0.3, 0.4) is 0 Å². The van der Waals surface area contributed by atoms with Crippen LogP contribution in [-0.2, 0) is 14.8 Å². The molecule has 0 saturated carbocycles. The molecule has 2 heterocycles. The van der Waals surface area contributed by atoms with E-state index in [4.69, 9.17) is 4.74 Å². The summed E-state index contributed by atoms with van der Waals surface area (Å²) in [6.45, 7) is 5.73. The highest BCUT2D eigenvalue weighted by molar-refractivity contribution is 7.89. The number of amides is 2. The molecule has 7 nitrogen and oxygen atoms in total. The van der Waals surface area contributed by atoms with Crippen molar-refractivity contribution in [1.82, 2.24) is 14.1 Å². The molecule has 0 N–H and O–H groups in total. The molecule has 0 aliphatic carbocycles. The predicted molar refractivity (Wildman–Crippen MR) is 89.3 cm³/mol. The van der Waals surface area contributed by atoms with Crippen LogP contribution < -0.4 is 0 Å². The molecule has 2 fully saturated rings. The molecule has 24 heavy (non-hydrogen) atoms. The number of hydrogen-bond donors (Lipinski definition) is 0. The monoisotopic (exact) mass is 353 g/mol. The van der Waals surface area contributed by atoms with Crippen LogP contribution in [0.15, 0.2) is 29.2 Å². The number of nitrogens with zero attached hydrogens (tertiary/aromatic N) is 3. The normalized spacial score (nSPS) is 20.2. The van der Waals surface area contributed by atoms with E-state index in [9.17, 15) is 13.2 Å². The Bertz CT molecular complexity index is 676. The molecule has 8 heteroatoms. The first-order chi connectivity index (χ1) is 11.5. The van der Waals surface area contributed by atoms with E-state index in [0.29, 0.717) is 57.4 Å². The first kappa shape index (κ1) is 17.2. The SMILES string of the molecule is Cc1ccc(S(=O)(=O)N2CCN(C(=O)N3CCOCC3)CC2)cc1. The minimum Gasteiger partial charge on any atom is -0.378 e. The van der Waals surface area contributed by atoms with Crippen molar-refractivity contribution in [2.75, 3.05) is 52.5 Å². The molecule has 2 aliphatic rings. The Hall–Kier alpha value is -1.64. The van der Waals surface area contributed by atoms with Gasteiger partial charge in [-0.05, 0) is 19.1 Å². The van der Waals surface area contributed by atoms with E-state index in [-0.39, 0.29) is 6.03 Å². The first-order valence-electron chi connectivity index (χ1n) is 8.17. The molecule has 2 saturated heterocycles. The standard InChI is InChI=1S/C16H23N3O4S/c1-14-2-4-15(5-3-14)24(21,22)19-8-6-17(7-9-19)16(20)18-10-12-23-13-11-18/h2-5H,6-13H2,1H3. The number of urea groups is 1. The van der Waals surface area contributed by atoms with Crippen LogP contribution in [0, 0.1) is 6.92 Å². The number of rotatable bonds is 2. The molecule has 0 radical (unpaired) electrons. The molecular weight excluding hydrogens is 330 g/mol. The third-order valence-corrected chi connectivity index (χ3v) is 6.36. The predicted octanol–water partition coefficient (Wildman–Crippen LogP) is 0.754. The van der Waals surface area contributed by atoms with Gasteiger partial charge in [-0.15, -0.1) is 0 Å². The van der Waals surface area contributed by atoms with Gasteiger partial charge in [0.05, 0.1) is 18.1 Å². The molecule has 2 aliphatic heterocycles. The summed E-state index contributed by atoms with van der Waals surface area (Å²) in [5, 5.41) is 0.